The van der Waals surface area contributed by atoms with E-state index in [1.807, 2.05) is 0 Å². The third kappa shape index (κ3) is 8.84. The van der Waals surface area contributed by atoms with Crippen molar-refractivity contribution in [2.75, 3.05) is 6.61 Å². The van der Waals surface area contributed by atoms with Crippen molar-refractivity contribution in [3.8, 4) is 0 Å². The first-order valence-corrected chi connectivity index (χ1v) is 23.4. The zero-order valence-corrected chi connectivity index (χ0v) is 39.8. The smallest absolute Gasteiger partial charge is 0.338 e. The number of carbonyl (C=O) groups excluding carboxylic acids is 6. The van der Waals surface area contributed by atoms with Gasteiger partial charge < -0.3 is 55.2 Å². The largest absolute Gasteiger partial charge is 0.459 e. The summed E-state index contributed by atoms with van der Waals surface area (Å²) in [5.41, 5.74) is -1.11. The normalized spacial score (nSPS) is 30.2. The van der Waals surface area contributed by atoms with Crippen LogP contribution < -0.4 is 11.1 Å². The van der Waals surface area contributed by atoms with Gasteiger partial charge in [-0.25, -0.2) is 14.4 Å². The first-order chi connectivity index (χ1) is 33.7. The molecule has 8 rings (SSSR count). The van der Waals surface area contributed by atoms with Gasteiger partial charge in [0.2, 0.25) is 0 Å². The molecule has 17 nitrogen and oxygen atoms in total. The van der Waals surface area contributed by atoms with Crippen LogP contribution in [0.15, 0.2) is 132 Å². The molecule has 71 heavy (non-hydrogen) atoms. The first-order valence-electron chi connectivity index (χ1n) is 23.4. The van der Waals surface area contributed by atoms with Crippen molar-refractivity contribution in [3.63, 3.8) is 0 Å². The van der Waals surface area contributed by atoms with Crippen LogP contribution in [0.1, 0.15) is 91.4 Å². The zero-order valence-electron chi connectivity index (χ0n) is 39.8. The second kappa shape index (κ2) is 19.5. The summed E-state index contributed by atoms with van der Waals surface area (Å²) in [5.74, 6) is -7.70. The van der Waals surface area contributed by atoms with Crippen LogP contribution in [0.25, 0.3) is 0 Å². The zero-order chi connectivity index (χ0) is 51.2. The van der Waals surface area contributed by atoms with Gasteiger partial charge in [0.05, 0.1) is 35.6 Å². The Morgan fingerprint density at radius 3 is 1.85 bits per heavy atom. The molecule has 17 heteroatoms. The van der Waals surface area contributed by atoms with Crippen LogP contribution in [-0.2, 0) is 42.9 Å². The number of aliphatic hydroxyl groups excluding tert-OH is 3. The van der Waals surface area contributed by atoms with E-state index < -0.39 is 131 Å². The summed E-state index contributed by atoms with van der Waals surface area (Å²) in [4.78, 5) is 85.6. The molecule has 0 aromatic heterocycles. The number of carbonyl (C=O) groups is 6. The van der Waals surface area contributed by atoms with Gasteiger partial charge in [0.15, 0.2) is 23.6 Å². The summed E-state index contributed by atoms with van der Waals surface area (Å²) in [6, 6.07) is 29.6. The molecule has 4 aliphatic rings. The SMILES string of the molecule is CC(=O)O[C@@]12CO[C@@H]1C[C@H](OC(=O)C(O)C(N)c1ccccc1)[C@@]1(C)C(=O)[C@H](O)C3=C(C)[C@@H](OC(=O)[C@H](O)[C@@H](NC(=O)c4ccccc4)c4ccccc4)C[C@@](O)(C(OC(=O)c4ccccc4)C12)C3(C)C. The maximum atomic E-state index is 15.8. The Hall–Kier alpha value is -6.60. The number of nitrogens with one attached hydrogen (secondary N) is 1. The van der Waals surface area contributed by atoms with Crippen LogP contribution in [0.2, 0.25) is 0 Å². The Kier molecular flexibility index (Phi) is 14.0. The summed E-state index contributed by atoms with van der Waals surface area (Å²) in [5, 5.41) is 52.5. The van der Waals surface area contributed by atoms with Gasteiger partial charge in [0, 0.05) is 30.7 Å². The minimum absolute atomic E-state index is 0.0159. The van der Waals surface area contributed by atoms with Crippen molar-refractivity contribution in [1.82, 2.24) is 5.32 Å². The highest BCUT2D eigenvalue weighted by molar-refractivity contribution is 5.96. The molecule has 13 atom stereocenters. The quantitative estimate of drug-likeness (QED) is 0.0633. The number of hydrogen-bond donors (Lipinski definition) is 6. The molecule has 1 aliphatic heterocycles. The average Bonchev–Trinajstić information content (AvgIpc) is 3.36. The summed E-state index contributed by atoms with van der Waals surface area (Å²) in [6.45, 7) is 6.57. The Bertz CT molecular complexity index is 2700. The predicted molar refractivity (Wildman–Crippen MR) is 251 cm³/mol. The van der Waals surface area contributed by atoms with E-state index in [9.17, 15) is 44.4 Å². The maximum absolute atomic E-state index is 15.8. The van der Waals surface area contributed by atoms with Crippen LogP contribution >= 0.6 is 0 Å². The van der Waals surface area contributed by atoms with E-state index in [2.05, 4.69) is 5.32 Å². The van der Waals surface area contributed by atoms with E-state index in [-0.39, 0.29) is 28.7 Å². The average molecular weight is 975 g/mol. The van der Waals surface area contributed by atoms with E-state index in [1.165, 1.54) is 39.8 Å². The molecule has 3 fully saturated rings. The number of hydrogen-bond acceptors (Lipinski definition) is 16. The standard InChI is InChI=1S/C54H58N2O15/c1-29-35(68-50(65)43(60)40(32-20-12-7-13-21-32)56-47(62)33-22-14-8-15-23-33)27-54(66)46(70-48(63)34-24-16-9-17-25-34)44-52(5,45(61)41(58)38(29)51(54,3)4)36(26-37-53(44,28-67-37)71-30(2)57)69-49(64)42(59)39(55)31-18-10-6-11-19-31/h6-25,35-37,39-44,46,58-60,66H,26-28,55H2,1-5H3,(H,56,62)/t35-,36-,37+,39?,40-,41+,42?,43+,44?,46?,52+,53-,54+/m0/s1. The predicted octanol–water partition coefficient (Wildman–Crippen LogP) is 3.78. The minimum Gasteiger partial charge on any atom is -0.459 e. The third-order valence-corrected chi connectivity index (χ3v) is 15.2. The van der Waals surface area contributed by atoms with Crippen molar-refractivity contribution in [2.24, 2.45) is 22.5 Å². The fourth-order valence-electron chi connectivity index (χ4n) is 11.3. The van der Waals surface area contributed by atoms with Gasteiger partial charge in [-0.3, -0.25) is 14.4 Å². The van der Waals surface area contributed by atoms with Crippen LogP contribution in [0.4, 0.5) is 0 Å². The number of benzene rings is 4. The van der Waals surface area contributed by atoms with E-state index in [0.717, 1.165) is 6.92 Å². The molecular weight excluding hydrogens is 917 g/mol. The number of ether oxygens (including phenoxy) is 5. The van der Waals surface area contributed by atoms with Crippen LogP contribution in [0.3, 0.4) is 0 Å². The minimum atomic E-state index is -2.50. The Morgan fingerprint density at radius 2 is 1.30 bits per heavy atom. The number of Topliss-reactive ketones (excluding diaryl/α,β-unsaturated/α-hetero) is 1. The molecule has 3 aliphatic carbocycles. The molecule has 2 bridgehead atoms. The lowest BCUT2D eigenvalue weighted by atomic mass is 9.44. The fraction of sp³-hybridized carbons (Fsp3) is 0.407. The maximum Gasteiger partial charge on any atom is 0.338 e. The third-order valence-electron chi connectivity index (χ3n) is 15.2. The molecule has 1 heterocycles. The van der Waals surface area contributed by atoms with Crippen molar-refractivity contribution >= 4 is 35.6 Å². The highest BCUT2D eigenvalue weighted by Gasteiger charge is 2.79. The van der Waals surface area contributed by atoms with E-state index in [4.69, 9.17) is 29.4 Å². The van der Waals surface area contributed by atoms with Gasteiger partial charge in [0.25, 0.3) is 5.91 Å². The molecule has 4 aromatic carbocycles. The first kappa shape index (κ1) is 50.8. The monoisotopic (exact) mass is 974 g/mol. The lowest BCUT2D eigenvalue weighted by Crippen LogP contribution is -2.82. The van der Waals surface area contributed by atoms with Crippen LogP contribution in [0.5, 0.6) is 0 Å². The van der Waals surface area contributed by atoms with Gasteiger partial charge >= 0.3 is 23.9 Å². The Balaban J connectivity index is 1.25. The molecule has 4 aromatic rings. The van der Waals surface area contributed by atoms with Crippen molar-refractivity contribution in [2.45, 2.75) is 113 Å². The molecule has 374 valence electrons. The summed E-state index contributed by atoms with van der Waals surface area (Å²) >= 11 is 0. The summed E-state index contributed by atoms with van der Waals surface area (Å²) < 4.78 is 30.9. The number of rotatable bonds is 13. The molecule has 0 radical (unpaired) electrons. The van der Waals surface area contributed by atoms with Crippen LogP contribution in [-0.4, -0.2) is 117 Å². The van der Waals surface area contributed by atoms with E-state index in [0.29, 0.717) is 11.1 Å². The Labute approximate surface area is 409 Å². The van der Waals surface area contributed by atoms with Gasteiger partial charge in [-0.15, -0.1) is 0 Å². The van der Waals surface area contributed by atoms with Crippen molar-refractivity contribution in [3.05, 3.63) is 155 Å². The molecule has 0 spiro atoms. The van der Waals surface area contributed by atoms with E-state index in [1.54, 1.807) is 109 Å². The molecule has 7 N–H and O–H groups in total. The lowest BCUT2D eigenvalue weighted by molar-refractivity contribution is -0.346. The lowest BCUT2D eigenvalue weighted by Gasteiger charge is -2.67. The van der Waals surface area contributed by atoms with Crippen molar-refractivity contribution < 1.29 is 72.9 Å². The van der Waals surface area contributed by atoms with E-state index >= 15 is 4.79 Å². The second-order valence-corrected chi connectivity index (χ2v) is 19.6. The van der Waals surface area contributed by atoms with Gasteiger partial charge in [-0.1, -0.05) is 111 Å². The van der Waals surface area contributed by atoms with Gasteiger partial charge in [-0.05, 0) is 60.4 Å². The number of fused-ring (bicyclic) bond motifs is 5. The summed E-state index contributed by atoms with van der Waals surface area (Å²) in [6.07, 6.45) is -13.5. The topological polar surface area (TPSA) is 268 Å². The molecule has 1 amide bonds. The highest BCUT2D eigenvalue weighted by Crippen LogP contribution is 2.64. The second-order valence-electron chi connectivity index (χ2n) is 19.6. The number of esters is 4. The molecule has 1 saturated heterocycles. The van der Waals surface area contributed by atoms with Gasteiger partial charge in [0.1, 0.15) is 36.1 Å². The number of aliphatic hydroxyl groups is 4. The van der Waals surface area contributed by atoms with Gasteiger partial charge in [-0.2, -0.15) is 0 Å². The Morgan fingerprint density at radius 1 is 0.761 bits per heavy atom. The molecule has 2 saturated carbocycles. The molecule has 4 unspecified atom stereocenters. The number of nitrogens with two attached hydrogens (primary N) is 1. The molecular formula is C54H58N2O15. The van der Waals surface area contributed by atoms with Crippen LogP contribution in [0, 0.1) is 16.7 Å². The van der Waals surface area contributed by atoms with Crippen molar-refractivity contribution in [1.29, 1.82) is 0 Å². The highest BCUT2D eigenvalue weighted by atomic mass is 16.6. The summed E-state index contributed by atoms with van der Waals surface area (Å²) in [7, 11) is 0. The fourth-order valence-corrected chi connectivity index (χ4v) is 11.3. The number of amides is 1. The number of ketones is 1.